The maximum Gasteiger partial charge on any atom is 0.207 e. The molecule has 0 saturated carbocycles. The summed E-state index contributed by atoms with van der Waals surface area (Å²) in [6.07, 6.45) is 1.93. The molecule has 18 heavy (non-hydrogen) atoms. The van der Waals surface area contributed by atoms with E-state index in [1.807, 2.05) is 18.2 Å². The smallest absolute Gasteiger partial charge is 0.207 e. The van der Waals surface area contributed by atoms with Gasteiger partial charge < -0.3 is 10.3 Å². The fourth-order valence-corrected chi connectivity index (χ4v) is 1.95. The molecule has 0 bridgehead atoms. The van der Waals surface area contributed by atoms with Crippen molar-refractivity contribution in [3.8, 4) is 0 Å². The van der Waals surface area contributed by atoms with Crippen molar-refractivity contribution in [2.75, 3.05) is 0 Å². The number of fused-ring (bicyclic) bond motifs is 1. The Morgan fingerprint density at radius 2 is 2.06 bits per heavy atom. The fraction of sp³-hybridized carbons (Fsp3) is 0.308. The van der Waals surface area contributed by atoms with E-state index in [0.717, 1.165) is 21.1 Å². The summed E-state index contributed by atoms with van der Waals surface area (Å²) < 4.78 is 0.855. The predicted molar refractivity (Wildman–Crippen MR) is 79.9 cm³/mol. The van der Waals surface area contributed by atoms with Crippen LogP contribution >= 0.6 is 27.5 Å². The Labute approximate surface area is 120 Å². The van der Waals surface area contributed by atoms with Gasteiger partial charge >= 0.3 is 0 Å². The van der Waals surface area contributed by atoms with Gasteiger partial charge in [0.2, 0.25) is 6.41 Å². The monoisotopic (exact) mass is 330 g/mol. The van der Waals surface area contributed by atoms with E-state index in [-0.39, 0.29) is 0 Å². The van der Waals surface area contributed by atoms with Crippen molar-refractivity contribution in [1.29, 1.82) is 0 Å². The first kappa shape index (κ1) is 15.1. The Hall–Kier alpha value is -1.00. The molecule has 0 aliphatic rings. The van der Waals surface area contributed by atoms with Crippen LogP contribution in [-0.2, 0) is 11.3 Å². The van der Waals surface area contributed by atoms with Crippen LogP contribution in [0.2, 0.25) is 5.02 Å². The standard InChI is InChI=1S/C10H8BrClN2O.C3H8/c11-8-3-10-6(2-9(8)12)1-7(14-10)4-13-5-15;1-3-2/h1-3,5,14H,4H2,(H,13,15);3H2,1-2H3. The molecule has 0 radical (unpaired) electrons. The molecule has 1 heterocycles. The van der Waals surface area contributed by atoms with E-state index in [9.17, 15) is 4.79 Å². The molecule has 0 saturated heterocycles. The van der Waals surface area contributed by atoms with Gasteiger partial charge in [-0.1, -0.05) is 31.9 Å². The van der Waals surface area contributed by atoms with E-state index in [0.29, 0.717) is 18.0 Å². The zero-order chi connectivity index (χ0) is 13.5. The van der Waals surface area contributed by atoms with Crippen LogP contribution in [0, 0.1) is 0 Å². The van der Waals surface area contributed by atoms with Crippen LogP contribution in [0.5, 0.6) is 0 Å². The normalized spacial score (nSPS) is 9.78. The molecule has 0 fully saturated rings. The molecule has 3 nitrogen and oxygen atoms in total. The van der Waals surface area contributed by atoms with Crippen LogP contribution in [0.25, 0.3) is 10.9 Å². The van der Waals surface area contributed by atoms with Crippen molar-refractivity contribution >= 4 is 44.8 Å². The Balaban J connectivity index is 0.000000492. The summed E-state index contributed by atoms with van der Waals surface area (Å²) in [7, 11) is 0. The first-order chi connectivity index (χ1) is 8.62. The van der Waals surface area contributed by atoms with Gasteiger partial charge in [-0.2, -0.15) is 0 Å². The summed E-state index contributed by atoms with van der Waals surface area (Å²) in [6.45, 7) is 4.74. The minimum atomic E-state index is 0.493. The van der Waals surface area contributed by atoms with Crippen LogP contribution < -0.4 is 5.32 Å². The van der Waals surface area contributed by atoms with Gasteiger partial charge in [0.05, 0.1) is 11.6 Å². The van der Waals surface area contributed by atoms with Crippen molar-refractivity contribution in [2.45, 2.75) is 26.8 Å². The predicted octanol–water partition coefficient (Wildman–Crippen LogP) is 4.25. The van der Waals surface area contributed by atoms with Gasteiger partial charge in [0.25, 0.3) is 0 Å². The highest BCUT2D eigenvalue weighted by molar-refractivity contribution is 9.10. The molecule has 1 aromatic carbocycles. The number of benzene rings is 1. The molecule has 0 aliphatic heterocycles. The Morgan fingerprint density at radius 1 is 1.39 bits per heavy atom. The molecule has 98 valence electrons. The Bertz CT molecular complexity index is 486. The molecule has 1 aromatic heterocycles. The van der Waals surface area contributed by atoms with Gasteiger partial charge in [0, 0.05) is 21.1 Å². The molecule has 5 heteroatoms. The van der Waals surface area contributed by atoms with Gasteiger partial charge in [-0.05, 0) is 34.1 Å². The maximum absolute atomic E-state index is 10.1. The average Bonchev–Trinajstić information content (AvgIpc) is 2.70. The third-order valence-corrected chi connectivity index (χ3v) is 3.29. The lowest BCUT2D eigenvalue weighted by atomic mass is 10.2. The van der Waals surface area contributed by atoms with Gasteiger partial charge in [-0.25, -0.2) is 0 Å². The van der Waals surface area contributed by atoms with Gasteiger partial charge in [0.15, 0.2) is 0 Å². The van der Waals surface area contributed by atoms with Crippen molar-refractivity contribution in [3.63, 3.8) is 0 Å². The summed E-state index contributed by atoms with van der Waals surface area (Å²) >= 11 is 9.32. The SMILES string of the molecule is CCC.O=CNCc1cc2cc(Cl)c(Br)cc2[nH]1. The lowest BCUT2D eigenvalue weighted by molar-refractivity contribution is -0.109. The van der Waals surface area contributed by atoms with E-state index >= 15 is 0 Å². The third-order valence-electron chi connectivity index (χ3n) is 2.09. The number of amides is 1. The minimum Gasteiger partial charge on any atom is -0.357 e. The van der Waals surface area contributed by atoms with Crippen LogP contribution in [0.1, 0.15) is 26.0 Å². The van der Waals surface area contributed by atoms with Crippen LogP contribution in [-0.4, -0.2) is 11.4 Å². The highest BCUT2D eigenvalue weighted by Crippen LogP contribution is 2.28. The van der Waals surface area contributed by atoms with E-state index < -0.39 is 0 Å². The van der Waals surface area contributed by atoms with Gasteiger partial charge in [0.1, 0.15) is 0 Å². The zero-order valence-corrected chi connectivity index (χ0v) is 12.7. The number of hydrogen-bond donors (Lipinski definition) is 2. The van der Waals surface area contributed by atoms with Crippen LogP contribution in [0.15, 0.2) is 22.7 Å². The van der Waals surface area contributed by atoms with E-state index in [4.69, 9.17) is 11.6 Å². The van der Waals surface area contributed by atoms with Crippen molar-refractivity contribution in [1.82, 2.24) is 10.3 Å². The summed E-state index contributed by atoms with van der Waals surface area (Å²) in [4.78, 5) is 13.3. The van der Waals surface area contributed by atoms with E-state index in [1.165, 1.54) is 6.42 Å². The number of aromatic nitrogens is 1. The summed E-state index contributed by atoms with van der Waals surface area (Å²) in [6, 6.07) is 5.76. The van der Waals surface area contributed by atoms with E-state index in [2.05, 4.69) is 40.1 Å². The maximum atomic E-state index is 10.1. The first-order valence-electron chi connectivity index (χ1n) is 5.76. The number of hydrogen-bond acceptors (Lipinski definition) is 1. The van der Waals surface area contributed by atoms with Crippen LogP contribution in [0.3, 0.4) is 0 Å². The second kappa shape index (κ2) is 7.44. The number of H-pyrrole nitrogens is 1. The lowest BCUT2D eigenvalue weighted by Crippen LogP contribution is -2.09. The minimum absolute atomic E-state index is 0.493. The zero-order valence-electron chi connectivity index (χ0n) is 10.4. The highest BCUT2D eigenvalue weighted by Gasteiger charge is 2.04. The summed E-state index contributed by atoms with van der Waals surface area (Å²) in [5.41, 5.74) is 1.94. The number of rotatable bonds is 3. The third kappa shape index (κ3) is 4.03. The highest BCUT2D eigenvalue weighted by atomic mass is 79.9. The number of carbonyl (C=O) groups is 1. The molecule has 1 amide bonds. The van der Waals surface area contributed by atoms with Gasteiger partial charge in [-0.15, -0.1) is 0 Å². The molecular weight excluding hydrogens is 316 g/mol. The van der Waals surface area contributed by atoms with Crippen molar-refractivity contribution < 1.29 is 4.79 Å². The second-order valence-corrected chi connectivity index (χ2v) is 5.12. The largest absolute Gasteiger partial charge is 0.357 e. The Morgan fingerprint density at radius 3 is 2.67 bits per heavy atom. The lowest BCUT2D eigenvalue weighted by Gasteiger charge is -1.95. The van der Waals surface area contributed by atoms with Gasteiger partial charge in [-0.3, -0.25) is 4.79 Å². The first-order valence-corrected chi connectivity index (χ1v) is 6.93. The molecule has 2 rings (SSSR count). The molecule has 0 unspecified atom stereocenters. The average molecular weight is 332 g/mol. The van der Waals surface area contributed by atoms with Crippen LogP contribution in [0.4, 0.5) is 0 Å². The fourth-order valence-electron chi connectivity index (χ4n) is 1.43. The molecule has 2 aromatic rings. The van der Waals surface area contributed by atoms with Crippen molar-refractivity contribution in [2.24, 2.45) is 0 Å². The molecule has 2 N–H and O–H groups in total. The molecule has 0 aliphatic carbocycles. The summed E-state index contributed by atoms with van der Waals surface area (Å²) in [5.74, 6) is 0. The number of nitrogens with one attached hydrogen (secondary N) is 2. The number of aromatic amines is 1. The van der Waals surface area contributed by atoms with Crippen molar-refractivity contribution in [3.05, 3.63) is 33.4 Å². The summed E-state index contributed by atoms with van der Waals surface area (Å²) in [5, 5.41) is 4.31. The topological polar surface area (TPSA) is 44.9 Å². The number of halogens is 2. The molecule has 0 spiro atoms. The molecular formula is C13H16BrClN2O. The quantitative estimate of drug-likeness (QED) is 0.812. The second-order valence-electron chi connectivity index (χ2n) is 3.85. The Kier molecular flexibility index (Phi) is 6.22. The molecule has 0 atom stereocenters. The van der Waals surface area contributed by atoms with E-state index in [1.54, 1.807) is 0 Å². The number of carbonyl (C=O) groups excluding carboxylic acids is 1.